The van der Waals surface area contributed by atoms with Crippen LogP contribution in [0.3, 0.4) is 0 Å². The smallest absolute Gasteiger partial charge is 0.113 e. The van der Waals surface area contributed by atoms with Crippen molar-refractivity contribution in [2.45, 2.75) is 25.8 Å². The summed E-state index contributed by atoms with van der Waals surface area (Å²) in [6.07, 6.45) is 2.73. The Morgan fingerprint density at radius 1 is 1.47 bits per heavy atom. The van der Waals surface area contributed by atoms with E-state index < -0.39 is 0 Å². The van der Waals surface area contributed by atoms with Crippen molar-refractivity contribution in [1.82, 2.24) is 9.97 Å². The average Bonchev–Trinajstić information content (AvgIpc) is 2.88. The summed E-state index contributed by atoms with van der Waals surface area (Å²) in [5.74, 6) is 0. The number of thiazole rings is 2. The molecule has 1 atom stereocenters. The largest absolute Gasteiger partial charge is 0.320 e. The SMILES string of the molecule is CCC(C)(N)c1nc(-c2cncs2)cs1. The molecule has 0 saturated carbocycles. The van der Waals surface area contributed by atoms with Gasteiger partial charge in [-0.15, -0.1) is 22.7 Å². The van der Waals surface area contributed by atoms with Gasteiger partial charge in [-0.3, -0.25) is 4.98 Å². The van der Waals surface area contributed by atoms with Crippen molar-refractivity contribution in [3.63, 3.8) is 0 Å². The molecule has 0 aliphatic rings. The van der Waals surface area contributed by atoms with Gasteiger partial charge in [-0.05, 0) is 13.3 Å². The van der Waals surface area contributed by atoms with Gasteiger partial charge < -0.3 is 5.73 Å². The first-order chi connectivity index (χ1) is 7.13. The molecular formula is C10H13N3S2. The van der Waals surface area contributed by atoms with E-state index in [1.807, 2.05) is 24.0 Å². The van der Waals surface area contributed by atoms with Crippen LogP contribution in [0.5, 0.6) is 0 Å². The molecule has 2 rings (SSSR count). The minimum absolute atomic E-state index is 0.312. The lowest BCUT2D eigenvalue weighted by Crippen LogP contribution is -2.31. The molecule has 5 heteroatoms. The number of nitrogens with two attached hydrogens (primary N) is 1. The fraction of sp³-hybridized carbons (Fsp3) is 0.400. The Kier molecular flexibility index (Phi) is 2.86. The Morgan fingerprint density at radius 3 is 2.87 bits per heavy atom. The van der Waals surface area contributed by atoms with Crippen molar-refractivity contribution in [3.05, 3.63) is 22.1 Å². The molecule has 0 spiro atoms. The number of hydrogen-bond acceptors (Lipinski definition) is 5. The minimum Gasteiger partial charge on any atom is -0.320 e. The van der Waals surface area contributed by atoms with Crippen molar-refractivity contribution in [1.29, 1.82) is 0 Å². The Bertz CT molecular complexity index is 431. The number of rotatable bonds is 3. The van der Waals surface area contributed by atoms with E-state index in [2.05, 4.69) is 16.9 Å². The van der Waals surface area contributed by atoms with Gasteiger partial charge in [0.1, 0.15) is 5.01 Å². The van der Waals surface area contributed by atoms with Gasteiger partial charge in [0.2, 0.25) is 0 Å². The normalized spacial score (nSPS) is 15.1. The lowest BCUT2D eigenvalue weighted by Gasteiger charge is -2.18. The molecule has 2 aromatic rings. The van der Waals surface area contributed by atoms with Crippen LogP contribution in [0.15, 0.2) is 17.1 Å². The first-order valence-electron chi connectivity index (χ1n) is 4.77. The maximum atomic E-state index is 6.14. The number of nitrogens with zero attached hydrogens (tertiary/aromatic N) is 2. The molecule has 0 amide bonds. The number of hydrogen-bond donors (Lipinski definition) is 1. The topological polar surface area (TPSA) is 51.8 Å². The van der Waals surface area contributed by atoms with Crippen molar-refractivity contribution in [2.24, 2.45) is 5.73 Å². The maximum absolute atomic E-state index is 6.14. The molecule has 0 radical (unpaired) electrons. The van der Waals surface area contributed by atoms with Crippen molar-refractivity contribution in [3.8, 4) is 10.6 Å². The first kappa shape index (κ1) is 10.7. The van der Waals surface area contributed by atoms with E-state index in [-0.39, 0.29) is 5.54 Å². The predicted octanol–water partition coefficient (Wildman–Crippen LogP) is 2.85. The second-order valence-electron chi connectivity index (χ2n) is 3.67. The van der Waals surface area contributed by atoms with E-state index in [1.54, 1.807) is 22.7 Å². The van der Waals surface area contributed by atoms with Gasteiger partial charge in [0.25, 0.3) is 0 Å². The molecule has 0 aliphatic heterocycles. The lowest BCUT2D eigenvalue weighted by atomic mass is 10.0. The van der Waals surface area contributed by atoms with Gasteiger partial charge in [-0.25, -0.2) is 4.98 Å². The van der Waals surface area contributed by atoms with Crippen LogP contribution in [-0.4, -0.2) is 9.97 Å². The molecule has 0 fully saturated rings. The fourth-order valence-corrected chi connectivity index (χ4v) is 2.77. The van der Waals surface area contributed by atoms with Crippen LogP contribution < -0.4 is 5.73 Å². The molecule has 2 heterocycles. The zero-order valence-electron chi connectivity index (χ0n) is 8.73. The van der Waals surface area contributed by atoms with Crippen molar-refractivity contribution in [2.75, 3.05) is 0 Å². The molecule has 80 valence electrons. The fourth-order valence-electron chi connectivity index (χ4n) is 1.14. The standard InChI is InChI=1S/C10H13N3S2/c1-3-10(2,11)9-13-7(5-14-9)8-4-12-6-15-8/h4-6H,3,11H2,1-2H3. The molecule has 0 bridgehead atoms. The highest BCUT2D eigenvalue weighted by molar-refractivity contribution is 7.14. The molecule has 2 aromatic heterocycles. The molecule has 1 unspecified atom stereocenters. The zero-order valence-corrected chi connectivity index (χ0v) is 10.4. The van der Waals surface area contributed by atoms with Crippen LogP contribution in [0.1, 0.15) is 25.3 Å². The number of aromatic nitrogens is 2. The summed E-state index contributed by atoms with van der Waals surface area (Å²) in [6, 6.07) is 0. The average molecular weight is 239 g/mol. The van der Waals surface area contributed by atoms with Gasteiger partial charge in [0.05, 0.1) is 21.6 Å². The van der Waals surface area contributed by atoms with Crippen LogP contribution in [0.4, 0.5) is 0 Å². The van der Waals surface area contributed by atoms with Crippen LogP contribution >= 0.6 is 22.7 Å². The third-order valence-electron chi connectivity index (χ3n) is 2.41. The third kappa shape index (κ3) is 2.09. The van der Waals surface area contributed by atoms with E-state index in [0.29, 0.717) is 0 Å². The van der Waals surface area contributed by atoms with Crippen molar-refractivity contribution < 1.29 is 0 Å². The summed E-state index contributed by atoms with van der Waals surface area (Å²) in [7, 11) is 0. The minimum atomic E-state index is -0.312. The summed E-state index contributed by atoms with van der Waals surface area (Å²) in [5, 5.41) is 3.04. The monoisotopic (exact) mass is 239 g/mol. The molecule has 0 aromatic carbocycles. The second kappa shape index (κ2) is 4.00. The van der Waals surface area contributed by atoms with E-state index in [9.17, 15) is 0 Å². The van der Waals surface area contributed by atoms with Gasteiger partial charge in [0, 0.05) is 11.6 Å². The first-order valence-corrected chi connectivity index (χ1v) is 6.53. The summed E-state index contributed by atoms with van der Waals surface area (Å²) in [5.41, 5.74) is 8.63. The molecule has 3 nitrogen and oxygen atoms in total. The Balaban J connectivity index is 2.33. The van der Waals surface area contributed by atoms with Crippen LogP contribution in [0.2, 0.25) is 0 Å². The maximum Gasteiger partial charge on any atom is 0.113 e. The summed E-state index contributed by atoms with van der Waals surface area (Å²) in [4.78, 5) is 9.70. The molecule has 0 aliphatic carbocycles. The second-order valence-corrected chi connectivity index (χ2v) is 5.42. The molecular weight excluding hydrogens is 226 g/mol. The highest BCUT2D eigenvalue weighted by Gasteiger charge is 2.22. The van der Waals surface area contributed by atoms with Gasteiger partial charge in [-0.2, -0.15) is 0 Å². The van der Waals surface area contributed by atoms with Crippen molar-refractivity contribution >= 4 is 22.7 Å². The summed E-state index contributed by atoms with van der Waals surface area (Å²) >= 11 is 3.22. The highest BCUT2D eigenvalue weighted by Crippen LogP contribution is 2.30. The Labute approximate surface area is 97.0 Å². The molecule has 15 heavy (non-hydrogen) atoms. The van der Waals surface area contributed by atoms with Gasteiger partial charge >= 0.3 is 0 Å². The lowest BCUT2D eigenvalue weighted by molar-refractivity contribution is 0.474. The van der Waals surface area contributed by atoms with E-state index in [4.69, 9.17) is 5.73 Å². The Morgan fingerprint density at radius 2 is 2.27 bits per heavy atom. The van der Waals surface area contributed by atoms with Crippen LogP contribution in [-0.2, 0) is 5.54 Å². The summed E-state index contributed by atoms with van der Waals surface area (Å²) < 4.78 is 0. The molecule has 0 saturated heterocycles. The van der Waals surface area contributed by atoms with Crippen LogP contribution in [0, 0.1) is 0 Å². The Hall–Kier alpha value is -0.780. The predicted molar refractivity (Wildman–Crippen MR) is 65.1 cm³/mol. The van der Waals surface area contributed by atoms with E-state index in [0.717, 1.165) is 22.0 Å². The van der Waals surface area contributed by atoms with Gasteiger partial charge in [-0.1, -0.05) is 6.92 Å². The molecule has 2 N–H and O–H groups in total. The van der Waals surface area contributed by atoms with Crippen LogP contribution in [0.25, 0.3) is 10.6 Å². The zero-order chi connectivity index (χ0) is 10.9. The summed E-state index contributed by atoms with van der Waals surface area (Å²) in [6.45, 7) is 4.09. The van der Waals surface area contributed by atoms with Gasteiger partial charge in [0.15, 0.2) is 0 Å². The quantitative estimate of drug-likeness (QED) is 0.896. The van der Waals surface area contributed by atoms with E-state index >= 15 is 0 Å². The highest BCUT2D eigenvalue weighted by atomic mass is 32.1. The van der Waals surface area contributed by atoms with E-state index in [1.165, 1.54) is 0 Å². The third-order valence-corrected chi connectivity index (χ3v) is 4.33.